The molecule has 2 aliphatic rings. The molecule has 2 aromatic heterocycles. The second kappa shape index (κ2) is 13.7. The number of hydrogen-bond acceptors (Lipinski definition) is 5. The van der Waals surface area contributed by atoms with Crippen LogP contribution in [0.2, 0.25) is 0 Å². The van der Waals surface area contributed by atoms with E-state index < -0.39 is 16.0 Å². The first kappa shape index (κ1) is 30.0. The predicted molar refractivity (Wildman–Crippen MR) is 170 cm³/mol. The number of aromatic nitrogens is 2. The Hall–Kier alpha value is -3.07. The quantitative estimate of drug-likeness (QED) is 0.118. The highest BCUT2D eigenvalue weighted by atomic mass is 32.2. The van der Waals surface area contributed by atoms with Crippen molar-refractivity contribution in [2.75, 3.05) is 13.1 Å². The number of rotatable bonds is 13. The first-order valence-electron chi connectivity index (χ1n) is 16.0. The zero-order valence-electron chi connectivity index (χ0n) is 25.0. The highest BCUT2D eigenvalue weighted by Gasteiger charge is 2.30. The number of benzene rings is 2. The highest BCUT2D eigenvalue weighted by Crippen LogP contribution is 2.32. The molecule has 0 aliphatic heterocycles. The molecule has 6 nitrogen and oxygen atoms in total. The van der Waals surface area contributed by atoms with Gasteiger partial charge in [0.1, 0.15) is 0 Å². The predicted octanol–water partition coefficient (Wildman–Crippen LogP) is 7.38. The number of pyridine rings is 1. The molecule has 2 aliphatic carbocycles. The molecule has 228 valence electrons. The SMILES string of the molecule is O=S(=O)(c1ccccc1)n1cc(CN(CCCCN(C2CCCC2)C2CCCC2)Cc2cccnc2F)c2ccccc21. The lowest BCUT2D eigenvalue weighted by atomic mass is 10.1. The van der Waals surface area contributed by atoms with Crippen LogP contribution >= 0.6 is 0 Å². The van der Waals surface area contributed by atoms with E-state index in [1.807, 2.05) is 30.3 Å². The molecule has 0 N–H and O–H groups in total. The van der Waals surface area contributed by atoms with Gasteiger partial charge in [-0.2, -0.15) is 4.39 Å². The maximum absolute atomic E-state index is 14.7. The minimum absolute atomic E-state index is 0.255. The topological polar surface area (TPSA) is 58.4 Å². The fourth-order valence-corrected chi connectivity index (χ4v) is 8.66. The Bertz CT molecular complexity index is 1580. The molecule has 4 aromatic rings. The number of halogens is 1. The molecule has 2 aromatic carbocycles. The molecule has 0 saturated heterocycles. The molecule has 0 amide bonds. The Morgan fingerprint density at radius 1 is 0.767 bits per heavy atom. The van der Waals surface area contributed by atoms with Crippen molar-refractivity contribution in [3.63, 3.8) is 0 Å². The Morgan fingerprint density at radius 2 is 1.40 bits per heavy atom. The molecule has 2 fully saturated rings. The van der Waals surface area contributed by atoms with Crippen molar-refractivity contribution < 1.29 is 12.8 Å². The van der Waals surface area contributed by atoms with Gasteiger partial charge in [-0.1, -0.05) is 68.1 Å². The number of nitrogens with zero attached hydrogens (tertiary/aromatic N) is 4. The summed E-state index contributed by atoms with van der Waals surface area (Å²) in [7, 11) is -3.77. The van der Waals surface area contributed by atoms with Crippen LogP contribution in [0, 0.1) is 5.95 Å². The monoisotopic (exact) mass is 602 g/mol. The Kier molecular flexibility index (Phi) is 9.55. The molecule has 0 unspecified atom stereocenters. The van der Waals surface area contributed by atoms with E-state index in [0.717, 1.165) is 49.0 Å². The third kappa shape index (κ3) is 6.87. The van der Waals surface area contributed by atoms with Crippen molar-refractivity contribution in [2.24, 2.45) is 0 Å². The molecule has 0 spiro atoms. The van der Waals surface area contributed by atoms with Gasteiger partial charge in [-0.25, -0.2) is 17.4 Å². The lowest BCUT2D eigenvalue weighted by Crippen LogP contribution is -2.41. The first-order valence-corrected chi connectivity index (χ1v) is 17.4. The standard InChI is InChI=1S/C35H43FN4O2S/c36-35-28(13-12-22-37-35)25-38(23-10-11-24-39(30-14-4-5-15-30)31-16-6-7-17-31)26-29-27-40(34-21-9-8-20-33(29)34)43(41,42)32-18-2-1-3-19-32/h1-3,8-9,12-13,18-22,27,30-31H,4-7,10-11,14-17,23-26H2. The van der Waals surface area contributed by atoms with Crippen LogP contribution in [0.15, 0.2) is 84.0 Å². The zero-order chi connectivity index (χ0) is 29.6. The van der Waals surface area contributed by atoms with E-state index in [-0.39, 0.29) is 4.90 Å². The lowest BCUT2D eigenvalue weighted by Gasteiger charge is -2.34. The van der Waals surface area contributed by atoms with E-state index in [9.17, 15) is 12.8 Å². The van der Waals surface area contributed by atoms with Crippen LogP contribution in [0.3, 0.4) is 0 Å². The van der Waals surface area contributed by atoms with Gasteiger partial charge in [-0.3, -0.25) is 9.80 Å². The molecule has 6 rings (SSSR count). The molecule has 8 heteroatoms. The second-order valence-corrected chi connectivity index (χ2v) is 14.1. The molecule has 2 heterocycles. The minimum Gasteiger partial charge on any atom is -0.297 e. The van der Waals surface area contributed by atoms with Gasteiger partial charge in [0.05, 0.1) is 10.4 Å². The van der Waals surface area contributed by atoms with Gasteiger partial charge < -0.3 is 0 Å². The minimum atomic E-state index is -3.77. The van der Waals surface area contributed by atoms with Gasteiger partial charge in [0, 0.05) is 48.5 Å². The van der Waals surface area contributed by atoms with Gasteiger partial charge in [0.2, 0.25) is 5.95 Å². The summed E-state index contributed by atoms with van der Waals surface area (Å²) in [5.74, 6) is -0.449. The number of fused-ring (bicyclic) bond motifs is 1. The molecule has 2 saturated carbocycles. The summed E-state index contributed by atoms with van der Waals surface area (Å²) in [5.41, 5.74) is 2.12. The van der Waals surface area contributed by atoms with Crippen molar-refractivity contribution in [2.45, 2.75) is 94.3 Å². The summed E-state index contributed by atoms with van der Waals surface area (Å²) in [5, 5.41) is 0.896. The maximum atomic E-state index is 14.7. The summed E-state index contributed by atoms with van der Waals surface area (Å²) in [6, 6.07) is 21.2. The van der Waals surface area contributed by atoms with Crippen LogP contribution in [0.5, 0.6) is 0 Å². The van der Waals surface area contributed by atoms with Crippen LogP contribution in [0.1, 0.15) is 75.3 Å². The van der Waals surface area contributed by atoms with Crippen LogP contribution in [-0.4, -0.2) is 52.3 Å². The molecule has 0 bridgehead atoms. The first-order chi connectivity index (χ1) is 21.0. The van der Waals surface area contributed by atoms with Crippen molar-refractivity contribution in [1.29, 1.82) is 0 Å². The van der Waals surface area contributed by atoms with Crippen LogP contribution < -0.4 is 0 Å². The van der Waals surface area contributed by atoms with Crippen molar-refractivity contribution >= 4 is 20.9 Å². The number of unbranched alkanes of at least 4 members (excludes halogenated alkanes) is 1. The summed E-state index contributed by atoms with van der Waals surface area (Å²) in [6.45, 7) is 2.85. The van der Waals surface area contributed by atoms with E-state index in [4.69, 9.17) is 0 Å². The fraction of sp³-hybridized carbons (Fsp3) is 0.457. The third-order valence-electron chi connectivity index (χ3n) is 9.41. The van der Waals surface area contributed by atoms with Crippen LogP contribution in [0.25, 0.3) is 10.9 Å². The Balaban J connectivity index is 1.22. The normalized spacial score (nSPS) is 16.7. The van der Waals surface area contributed by atoms with Crippen molar-refractivity contribution in [3.8, 4) is 0 Å². The summed E-state index contributed by atoms with van der Waals surface area (Å²) < 4.78 is 43.4. The van der Waals surface area contributed by atoms with Gasteiger partial charge >= 0.3 is 0 Å². The van der Waals surface area contributed by atoms with E-state index in [1.54, 1.807) is 42.6 Å². The van der Waals surface area contributed by atoms with E-state index in [2.05, 4.69) is 14.8 Å². The maximum Gasteiger partial charge on any atom is 0.268 e. The van der Waals surface area contributed by atoms with Crippen LogP contribution in [-0.2, 0) is 23.1 Å². The molecule has 0 atom stereocenters. The smallest absolute Gasteiger partial charge is 0.268 e. The lowest BCUT2D eigenvalue weighted by molar-refractivity contribution is 0.131. The van der Waals surface area contributed by atoms with E-state index >= 15 is 0 Å². The average Bonchev–Trinajstić information content (AvgIpc) is 3.82. The second-order valence-electron chi connectivity index (χ2n) is 12.3. The molecular weight excluding hydrogens is 559 g/mol. The van der Waals surface area contributed by atoms with Gasteiger partial charge in [0.25, 0.3) is 10.0 Å². The van der Waals surface area contributed by atoms with Gasteiger partial charge in [-0.05, 0) is 81.4 Å². The summed E-state index contributed by atoms with van der Waals surface area (Å²) >= 11 is 0. The third-order valence-corrected chi connectivity index (χ3v) is 11.1. The number of hydrogen-bond donors (Lipinski definition) is 0. The fourth-order valence-electron chi connectivity index (χ4n) is 7.25. The summed E-state index contributed by atoms with van der Waals surface area (Å²) in [6.07, 6.45) is 16.1. The highest BCUT2D eigenvalue weighted by molar-refractivity contribution is 7.90. The van der Waals surface area contributed by atoms with E-state index in [0.29, 0.717) is 24.2 Å². The number of para-hydroxylation sites is 1. The van der Waals surface area contributed by atoms with Crippen molar-refractivity contribution in [1.82, 2.24) is 18.8 Å². The van der Waals surface area contributed by atoms with Crippen molar-refractivity contribution in [3.05, 3.63) is 96.2 Å². The summed E-state index contributed by atoms with van der Waals surface area (Å²) in [4.78, 5) is 9.21. The average molecular weight is 603 g/mol. The zero-order valence-corrected chi connectivity index (χ0v) is 25.8. The molecule has 43 heavy (non-hydrogen) atoms. The molecule has 0 radical (unpaired) electrons. The van der Waals surface area contributed by atoms with Crippen LogP contribution in [0.4, 0.5) is 4.39 Å². The van der Waals surface area contributed by atoms with Gasteiger partial charge in [0.15, 0.2) is 0 Å². The Morgan fingerprint density at radius 3 is 2.09 bits per heavy atom. The largest absolute Gasteiger partial charge is 0.297 e. The molecular formula is C35H43FN4O2S. The Labute approximate surface area is 255 Å². The van der Waals surface area contributed by atoms with Gasteiger partial charge in [-0.15, -0.1) is 0 Å². The van der Waals surface area contributed by atoms with E-state index in [1.165, 1.54) is 61.5 Å².